The van der Waals surface area contributed by atoms with Crippen LogP contribution in [0.15, 0.2) is 0 Å². The van der Waals surface area contributed by atoms with Crippen LogP contribution in [0, 0.1) is 5.41 Å². The number of rotatable bonds is 4. The molecule has 0 aromatic rings. The molecule has 1 saturated heterocycles. The number of aliphatic carboxylic acids is 1. The standard InChI is InChI=1S/C12H21N3O4/c1-3-14(7-9(13)16)11(19)15-6-4-5-12(2,8-15)10(17)18/h3-8H2,1-2H3,(H2,13,16)(H,17,18). The molecule has 0 spiro atoms. The van der Waals surface area contributed by atoms with Crippen LogP contribution in [0.2, 0.25) is 0 Å². The average molecular weight is 271 g/mol. The first-order valence-corrected chi connectivity index (χ1v) is 6.35. The molecule has 108 valence electrons. The molecular weight excluding hydrogens is 250 g/mol. The minimum absolute atomic E-state index is 0.143. The second-order valence-corrected chi connectivity index (χ2v) is 5.15. The van der Waals surface area contributed by atoms with Gasteiger partial charge < -0.3 is 20.6 Å². The van der Waals surface area contributed by atoms with E-state index in [0.717, 1.165) is 0 Å². The van der Waals surface area contributed by atoms with Crippen molar-refractivity contribution in [2.45, 2.75) is 26.7 Å². The predicted molar refractivity (Wildman–Crippen MR) is 68.4 cm³/mol. The highest BCUT2D eigenvalue weighted by atomic mass is 16.4. The highest BCUT2D eigenvalue weighted by Crippen LogP contribution is 2.30. The SMILES string of the molecule is CCN(CC(N)=O)C(=O)N1CCCC(C)(C(=O)O)C1. The lowest BCUT2D eigenvalue weighted by Gasteiger charge is -2.39. The molecule has 19 heavy (non-hydrogen) atoms. The number of primary amides is 1. The van der Waals surface area contributed by atoms with Crippen LogP contribution in [-0.2, 0) is 9.59 Å². The fourth-order valence-corrected chi connectivity index (χ4v) is 2.28. The Morgan fingerprint density at radius 3 is 2.53 bits per heavy atom. The first-order chi connectivity index (χ1) is 8.80. The van der Waals surface area contributed by atoms with Crippen LogP contribution in [0.5, 0.6) is 0 Å². The molecule has 1 aliphatic heterocycles. The first-order valence-electron chi connectivity index (χ1n) is 6.35. The topological polar surface area (TPSA) is 104 Å². The van der Waals surface area contributed by atoms with Gasteiger partial charge in [0.15, 0.2) is 0 Å². The lowest BCUT2D eigenvalue weighted by molar-refractivity contribution is -0.150. The molecule has 1 unspecified atom stereocenters. The van der Waals surface area contributed by atoms with Gasteiger partial charge in [0.2, 0.25) is 5.91 Å². The van der Waals surface area contributed by atoms with Gasteiger partial charge in [-0.2, -0.15) is 0 Å². The molecule has 7 nitrogen and oxygen atoms in total. The van der Waals surface area contributed by atoms with E-state index >= 15 is 0 Å². The first kappa shape index (κ1) is 15.3. The minimum atomic E-state index is -0.917. The van der Waals surface area contributed by atoms with E-state index in [1.54, 1.807) is 13.8 Å². The second kappa shape index (κ2) is 5.90. The molecule has 1 rings (SSSR count). The van der Waals surface area contributed by atoms with Gasteiger partial charge in [0.1, 0.15) is 6.54 Å². The Kier molecular flexibility index (Phi) is 4.74. The fraction of sp³-hybridized carbons (Fsp3) is 0.750. The highest BCUT2D eigenvalue weighted by Gasteiger charge is 2.40. The summed E-state index contributed by atoms with van der Waals surface area (Å²) in [5.41, 5.74) is 4.18. The van der Waals surface area contributed by atoms with Crippen LogP contribution in [0.1, 0.15) is 26.7 Å². The Balaban J connectivity index is 2.76. The lowest BCUT2D eigenvalue weighted by Crippen LogP contribution is -2.53. The highest BCUT2D eigenvalue weighted by molar-refractivity contribution is 5.83. The van der Waals surface area contributed by atoms with Crippen LogP contribution in [0.3, 0.4) is 0 Å². The summed E-state index contributed by atoms with van der Waals surface area (Å²) in [5.74, 6) is -1.48. The van der Waals surface area contributed by atoms with Crippen molar-refractivity contribution >= 4 is 17.9 Å². The molecule has 0 bridgehead atoms. The van der Waals surface area contributed by atoms with Crippen molar-refractivity contribution in [2.24, 2.45) is 11.1 Å². The second-order valence-electron chi connectivity index (χ2n) is 5.15. The maximum Gasteiger partial charge on any atom is 0.320 e. The zero-order valence-electron chi connectivity index (χ0n) is 11.4. The number of carbonyl (C=O) groups excluding carboxylic acids is 2. The van der Waals surface area contributed by atoms with Gasteiger partial charge in [0, 0.05) is 19.6 Å². The Morgan fingerprint density at radius 2 is 2.05 bits per heavy atom. The van der Waals surface area contributed by atoms with Crippen molar-refractivity contribution in [2.75, 3.05) is 26.2 Å². The third kappa shape index (κ3) is 3.59. The van der Waals surface area contributed by atoms with E-state index in [1.807, 2.05) is 0 Å². The van der Waals surface area contributed by atoms with Crippen molar-refractivity contribution in [1.29, 1.82) is 0 Å². The summed E-state index contributed by atoms with van der Waals surface area (Å²) in [7, 11) is 0. The van der Waals surface area contributed by atoms with Crippen molar-refractivity contribution in [3.63, 3.8) is 0 Å². The molecular formula is C12H21N3O4. The van der Waals surface area contributed by atoms with E-state index in [9.17, 15) is 19.5 Å². The van der Waals surface area contributed by atoms with Crippen LogP contribution >= 0.6 is 0 Å². The van der Waals surface area contributed by atoms with Crippen molar-refractivity contribution in [3.8, 4) is 0 Å². The molecule has 1 heterocycles. The van der Waals surface area contributed by atoms with Gasteiger partial charge >= 0.3 is 12.0 Å². The van der Waals surface area contributed by atoms with Gasteiger partial charge in [-0.25, -0.2) is 4.79 Å². The third-order valence-electron chi connectivity index (χ3n) is 3.48. The van der Waals surface area contributed by atoms with E-state index in [2.05, 4.69) is 0 Å². The van der Waals surface area contributed by atoms with Gasteiger partial charge in [0.05, 0.1) is 5.41 Å². The Bertz CT molecular complexity index is 385. The number of likely N-dealkylation sites (N-methyl/N-ethyl adjacent to an activating group) is 1. The molecule has 1 atom stereocenters. The number of urea groups is 1. The fourth-order valence-electron chi connectivity index (χ4n) is 2.28. The largest absolute Gasteiger partial charge is 0.481 e. The molecule has 7 heteroatoms. The summed E-state index contributed by atoms with van der Waals surface area (Å²) in [4.78, 5) is 37.2. The molecule has 1 fully saturated rings. The molecule has 3 N–H and O–H groups in total. The smallest absolute Gasteiger partial charge is 0.320 e. The number of nitrogens with zero attached hydrogens (tertiary/aromatic N) is 2. The number of carboxylic acid groups (broad SMARTS) is 1. The van der Waals surface area contributed by atoms with Crippen molar-refractivity contribution < 1.29 is 19.5 Å². The normalized spacial score (nSPS) is 22.9. The van der Waals surface area contributed by atoms with Gasteiger partial charge in [0.25, 0.3) is 0 Å². The Labute approximate surface area is 112 Å². The van der Waals surface area contributed by atoms with Crippen molar-refractivity contribution in [1.82, 2.24) is 9.80 Å². The molecule has 0 aliphatic carbocycles. The van der Waals surface area contributed by atoms with E-state index in [0.29, 0.717) is 25.9 Å². The molecule has 0 aromatic heterocycles. The molecule has 3 amide bonds. The molecule has 0 saturated carbocycles. The summed E-state index contributed by atoms with van der Waals surface area (Å²) >= 11 is 0. The quantitative estimate of drug-likeness (QED) is 0.756. The molecule has 1 aliphatic rings. The van der Waals surface area contributed by atoms with E-state index in [4.69, 9.17) is 5.73 Å². The number of hydrogen-bond acceptors (Lipinski definition) is 3. The lowest BCUT2D eigenvalue weighted by atomic mass is 9.82. The predicted octanol–water partition coefficient (Wildman–Crippen LogP) is 0.100. The maximum absolute atomic E-state index is 12.2. The summed E-state index contributed by atoms with van der Waals surface area (Å²) in [5, 5.41) is 9.21. The summed E-state index contributed by atoms with van der Waals surface area (Å²) in [6.45, 7) is 4.28. The van der Waals surface area contributed by atoms with E-state index in [1.165, 1.54) is 9.80 Å². The van der Waals surface area contributed by atoms with Crippen LogP contribution in [0.25, 0.3) is 0 Å². The summed E-state index contributed by atoms with van der Waals surface area (Å²) < 4.78 is 0. The summed E-state index contributed by atoms with van der Waals surface area (Å²) in [6, 6.07) is -0.325. The number of carboxylic acids is 1. The minimum Gasteiger partial charge on any atom is -0.481 e. The van der Waals surface area contributed by atoms with E-state index in [-0.39, 0.29) is 19.1 Å². The monoisotopic (exact) mass is 271 g/mol. The molecule has 0 aromatic carbocycles. The number of amides is 3. The number of nitrogens with two attached hydrogens (primary N) is 1. The zero-order chi connectivity index (χ0) is 14.6. The number of likely N-dealkylation sites (tertiary alicyclic amines) is 1. The average Bonchev–Trinajstić information content (AvgIpc) is 2.34. The molecule has 0 radical (unpaired) electrons. The van der Waals surface area contributed by atoms with Gasteiger partial charge in [-0.05, 0) is 26.7 Å². The maximum atomic E-state index is 12.2. The zero-order valence-corrected chi connectivity index (χ0v) is 11.4. The van der Waals surface area contributed by atoms with Gasteiger partial charge in [-0.3, -0.25) is 9.59 Å². The Morgan fingerprint density at radius 1 is 1.42 bits per heavy atom. The van der Waals surface area contributed by atoms with Crippen LogP contribution < -0.4 is 5.73 Å². The van der Waals surface area contributed by atoms with Crippen LogP contribution in [0.4, 0.5) is 4.79 Å². The third-order valence-corrected chi connectivity index (χ3v) is 3.48. The van der Waals surface area contributed by atoms with Gasteiger partial charge in [-0.1, -0.05) is 0 Å². The number of piperidine rings is 1. The summed E-state index contributed by atoms with van der Waals surface area (Å²) in [6.07, 6.45) is 1.19. The van der Waals surface area contributed by atoms with Crippen LogP contribution in [-0.4, -0.2) is 59.0 Å². The van der Waals surface area contributed by atoms with Crippen molar-refractivity contribution in [3.05, 3.63) is 0 Å². The number of carbonyl (C=O) groups is 3. The van der Waals surface area contributed by atoms with E-state index < -0.39 is 17.3 Å². The van der Waals surface area contributed by atoms with Gasteiger partial charge in [-0.15, -0.1) is 0 Å². The number of hydrogen-bond donors (Lipinski definition) is 2. The Hall–Kier alpha value is -1.79.